The lowest BCUT2D eigenvalue weighted by molar-refractivity contribution is 0.0569. The van der Waals surface area contributed by atoms with Crippen LogP contribution in [0.1, 0.15) is 44.9 Å². The standard InChI is InChI=1S/C12H22ClNO/c13-10-3-1-2-4-11(9-10)14-7-5-12(15)6-8-14/h10-12,15H,1-9H2. The quantitative estimate of drug-likeness (QED) is 0.553. The van der Waals surface area contributed by atoms with Crippen LogP contribution >= 0.6 is 11.6 Å². The van der Waals surface area contributed by atoms with Crippen molar-refractivity contribution < 1.29 is 5.11 Å². The molecule has 2 unspecified atom stereocenters. The SMILES string of the molecule is OC1CCN(C2CCCCC(Cl)C2)CC1. The molecule has 0 aromatic heterocycles. The molecule has 15 heavy (non-hydrogen) atoms. The monoisotopic (exact) mass is 231 g/mol. The number of hydrogen-bond acceptors (Lipinski definition) is 2. The zero-order valence-electron chi connectivity index (χ0n) is 9.37. The van der Waals surface area contributed by atoms with E-state index in [-0.39, 0.29) is 6.10 Å². The highest BCUT2D eigenvalue weighted by Gasteiger charge is 2.27. The van der Waals surface area contributed by atoms with Gasteiger partial charge in [-0.3, -0.25) is 0 Å². The minimum absolute atomic E-state index is 0.0566. The lowest BCUT2D eigenvalue weighted by Gasteiger charge is -2.36. The number of nitrogens with zero attached hydrogens (tertiary/aromatic N) is 1. The molecule has 88 valence electrons. The minimum atomic E-state index is -0.0566. The fraction of sp³-hybridized carbons (Fsp3) is 1.00. The van der Waals surface area contributed by atoms with E-state index < -0.39 is 0 Å². The fourth-order valence-electron chi connectivity index (χ4n) is 2.86. The summed E-state index contributed by atoms with van der Waals surface area (Å²) in [6.45, 7) is 2.13. The molecular formula is C12H22ClNO. The van der Waals surface area contributed by atoms with E-state index in [2.05, 4.69) is 4.90 Å². The van der Waals surface area contributed by atoms with Crippen LogP contribution in [0.15, 0.2) is 0 Å². The highest BCUT2D eigenvalue weighted by atomic mass is 35.5. The van der Waals surface area contributed by atoms with Gasteiger partial charge in [-0.25, -0.2) is 0 Å². The molecule has 1 N–H and O–H groups in total. The van der Waals surface area contributed by atoms with E-state index in [9.17, 15) is 5.11 Å². The van der Waals surface area contributed by atoms with Gasteiger partial charge < -0.3 is 10.0 Å². The second kappa shape index (κ2) is 5.51. The van der Waals surface area contributed by atoms with E-state index in [1.165, 1.54) is 25.7 Å². The first-order valence-electron chi connectivity index (χ1n) is 6.32. The first kappa shape index (κ1) is 11.7. The van der Waals surface area contributed by atoms with Gasteiger partial charge in [0, 0.05) is 24.5 Å². The number of piperidine rings is 1. The van der Waals surface area contributed by atoms with E-state index >= 15 is 0 Å². The van der Waals surface area contributed by atoms with Crippen LogP contribution in [-0.4, -0.2) is 40.6 Å². The molecule has 0 radical (unpaired) electrons. The Kier molecular flexibility index (Phi) is 4.30. The Morgan fingerprint density at radius 2 is 1.67 bits per heavy atom. The van der Waals surface area contributed by atoms with Gasteiger partial charge in [0.2, 0.25) is 0 Å². The summed E-state index contributed by atoms with van der Waals surface area (Å²) >= 11 is 6.29. The van der Waals surface area contributed by atoms with Crippen molar-refractivity contribution >= 4 is 11.6 Å². The second-order valence-electron chi connectivity index (χ2n) is 5.04. The molecule has 0 aromatic carbocycles. The number of aliphatic hydroxyl groups is 1. The summed E-state index contributed by atoms with van der Waals surface area (Å²) < 4.78 is 0. The molecule has 1 aliphatic heterocycles. The second-order valence-corrected chi connectivity index (χ2v) is 5.66. The first-order chi connectivity index (χ1) is 7.25. The van der Waals surface area contributed by atoms with Gasteiger partial charge in [0.05, 0.1) is 6.10 Å². The van der Waals surface area contributed by atoms with Crippen LogP contribution in [-0.2, 0) is 0 Å². The molecule has 1 aliphatic carbocycles. The third kappa shape index (κ3) is 3.33. The average molecular weight is 232 g/mol. The fourth-order valence-corrected chi connectivity index (χ4v) is 3.22. The van der Waals surface area contributed by atoms with Gasteiger partial charge in [-0.05, 0) is 32.1 Å². The summed E-state index contributed by atoms with van der Waals surface area (Å²) in [6.07, 6.45) is 8.10. The van der Waals surface area contributed by atoms with E-state index in [0.717, 1.165) is 32.4 Å². The summed E-state index contributed by atoms with van der Waals surface area (Å²) in [6, 6.07) is 0.683. The summed E-state index contributed by atoms with van der Waals surface area (Å²) in [5.41, 5.74) is 0. The van der Waals surface area contributed by atoms with Crippen LogP contribution in [0.5, 0.6) is 0 Å². The summed E-state index contributed by atoms with van der Waals surface area (Å²) in [5, 5.41) is 9.86. The zero-order valence-corrected chi connectivity index (χ0v) is 10.1. The number of halogens is 1. The van der Waals surface area contributed by atoms with Gasteiger partial charge in [-0.15, -0.1) is 11.6 Å². The van der Waals surface area contributed by atoms with Crippen molar-refractivity contribution in [1.82, 2.24) is 4.90 Å². The highest BCUT2D eigenvalue weighted by Crippen LogP contribution is 2.27. The Morgan fingerprint density at radius 3 is 2.40 bits per heavy atom. The van der Waals surface area contributed by atoms with Gasteiger partial charge >= 0.3 is 0 Å². The van der Waals surface area contributed by atoms with E-state index in [1.54, 1.807) is 0 Å². The van der Waals surface area contributed by atoms with Crippen LogP contribution in [0.3, 0.4) is 0 Å². The average Bonchev–Trinajstić information content (AvgIpc) is 2.44. The van der Waals surface area contributed by atoms with Crippen LogP contribution in [0.25, 0.3) is 0 Å². The largest absolute Gasteiger partial charge is 0.393 e. The molecule has 2 atom stereocenters. The maximum Gasteiger partial charge on any atom is 0.0564 e. The van der Waals surface area contributed by atoms with Crippen LogP contribution < -0.4 is 0 Å². The Hall–Kier alpha value is 0.210. The maximum absolute atomic E-state index is 9.48. The van der Waals surface area contributed by atoms with Crippen LogP contribution in [0, 0.1) is 0 Å². The molecule has 2 aliphatic rings. The minimum Gasteiger partial charge on any atom is -0.393 e. The van der Waals surface area contributed by atoms with E-state index in [1.807, 2.05) is 0 Å². The first-order valence-corrected chi connectivity index (χ1v) is 6.75. The number of likely N-dealkylation sites (tertiary alicyclic amines) is 1. The Bertz CT molecular complexity index is 192. The third-order valence-corrected chi connectivity index (χ3v) is 4.24. The van der Waals surface area contributed by atoms with Gasteiger partial charge in [-0.2, -0.15) is 0 Å². The van der Waals surface area contributed by atoms with Gasteiger partial charge in [-0.1, -0.05) is 12.8 Å². The topological polar surface area (TPSA) is 23.5 Å². The molecule has 0 aromatic rings. The predicted octanol–water partition coefficient (Wildman–Crippen LogP) is 2.38. The number of aliphatic hydroxyl groups excluding tert-OH is 1. The maximum atomic E-state index is 9.48. The number of rotatable bonds is 1. The summed E-state index contributed by atoms with van der Waals surface area (Å²) in [7, 11) is 0. The third-order valence-electron chi connectivity index (χ3n) is 3.85. The van der Waals surface area contributed by atoms with Gasteiger partial charge in [0.25, 0.3) is 0 Å². The van der Waals surface area contributed by atoms with Crippen LogP contribution in [0.4, 0.5) is 0 Å². The molecule has 0 bridgehead atoms. The molecule has 0 amide bonds. The molecule has 1 saturated heterocycles. The molecule has 1 heterocycles. The lowest BCUT2D eigenvalue weighted by atomic mass is 10.0. The zero-order chi connectivity index (χ0) is 10.7. The van der Waals surface area contributed by atoms with Crippen molar-refractivity contribution in [3.8, 4) is 0 Å². The predicted molar refractivity (Wildman–Crippen MR) is 63.3 cm³/mol. The molecule has 0 spiro atoms. The Balaban J connectivity index is 1.85. The summed E-state index contributed by atoms with van der Waals surface area (Å²) in [5.74, 6) is 0. The van der Waals surface area contributed by atoms with Crippen LogP contribution in [0.2, 0.25) is 0 Å². The molecule has 1 saturated carbocycles. The van der Waals surface area contributed by atoms with Crippen molar-refractivity contribution in [3.63, 3.8) is 0 Å². The summed E-state index contributed by atoms with van der Waals surface area (Å²) in [4.78, 5) is 2.55. The Labute approximate surface area is 97.6 Å². The van der Waals surface area contributed by atoms with E-state index in [4.69, 9.17) is 11.6 Å². The normalized spacial score (nSPS) is 36.4. The smallest absolute Gasteiger partial charge is 0.0564 e. The molecule has 3 heteroatoms. The number of hydrogen-bond donors (Lipinski definition) is 1. The van der Waals surface area contributed by atoms with Gasteiger partial charge in [0.15, 0.2) is 0 Å². The molecule has 2 rings (SSSR count). The Morgan fingerprint density at radius 1 is 1.00 bits per heavy atom. The van der Waals surface area contributed by atoms with Crippen molar-refractivity contribution in [2.24, 2.45) is 0 Å². The van der Waals surface area contributed by atoms with Crippen molar-refractivity contribution in [2.45, 2.75) is 62.5 Å². The lowest BCUT2D eigenvalue weighted by Crippen LogP contribution is -2.43. The molecular weight excluding hydrogens is 210 g/mol. The number of alkyl halides is 1. The molecule has 2 fully saturated rings. The van der Waals surface area contributed by atoms with Gasteiger partial charge in [0.1, 0.15) is 0 Å². The van der Waals surface area contributed by atoms with E-state index in [0.29, 0.717) is 11.4 Å². The van der Waals surface area contributed by atoms with Crippen molar-refractivity contribution in [3.05, 3.63) is 0 Å². The molecule has 2 nitrogen and oxygen atoms in total. The van der Waals surface area contributed by atoms with Crippen molar-refractivity contribution in [2.75, 3.05) is 13.1 Å². The van der Waals surface area contributed by atoms with Crippen molar-refractivity contribution in [1.29, 1.82) is 0 Å². The highest BCUT2D eigenvalue weighted by molar-refractivity contribution is 6.20.